The van der Waals surface area contributed by atoms with Crippen molar-refractivity contribution >= 4 is 57.1 Å². The van der Waals surface area contributed by atoms with Gasteiger partial charge in [0.1, 0.15) is 47.0 Å². The summed E-state index contributed by atoms with van der Waals surface area (Å²) in [7, 11) is 1.58. The molecule has 1 unspecified atom stereocenters. The fourth-order valence-electron chi connectivity index (χ4n) is 7.81. The fourth-order valence-corrected chi connectivity index (χ4v) is 8.66. The highest BCUT2D eigenvalue weighted by Crippen LogP contribution is 2.45. The third-order valence-corrected chi connectivity index (χ3v) is 12.1. The van der Waals surface area contributed by atoms with Gasteiger partial charge in [-0.1, -0.05) is 19.9 Å². The van der Waals surface area contributed by atoms with Crippen molar-refractivity contribution in [1.29, 1.82) is 0 Å². The van der Waals surface area contributed by atoms with Gasteiger partial charge in [-0.05, 0) is 76.8 Å². The van der Waals surface area contributed by atoms with E-state index in [-0.39, 0.29) is 49.3 Å². The average Bonchev–Trinajstić information content (AvgIpc) is 3.97. The lowest BCUT2D eigenvalue weighted by Gasteiger charge is -2.31. The molecule has 4 N–H and O–H groups in total. The van der Waals surface area contributed by atoms with Crippen LogP contribution in [0.25, 0.3) is 22.3 Å². The quantitative estimate of drug-likeness (QED) is 0.114. The van der Waals surface area contributed by atoms with Crippen LogP contribution in [0.1, 0.15) is 79.1 Å². The number of benzene rings is 1. The number of amides is 5. The van der Waals surface area contributed by atoms with Crippen molar-refractivity contribution in [1.82, 2.24) is 30.8 Å². The first-order valence-electron chi connectivity index (χ1n) is 20.2. The van der Waals surface area contributed by atoms with Crippen molar-refractivity contribution < 1.29 is 38.2 Å². The maximum atomic E-state index is 14.6. The Balaban J connectivity index is 1.18. The Labute approximate surface area is 342 Å². The number of thiazole rings is 1. The van der Waals surface area contributed by atoms with Gasteiger partial charge in [-0.15, -0.1) is 17.9 Å². The van der Waals surface area contributed by atoms with E-state index < -0.39 is 53.5 Å². The largest absolute Gasteiger partial charge is 0.497 e. The first-order chi connectivity index (χ1) is 27.8. The first-order valence-corrected chi connectivity index (χ1v) is 21.1. The van der Waals surface area contributed by atoms with Crippen LogP contribution in [0.3, 0.4) is 0 Å². The third-order valence-electron chi connectivity index (χ3n) is 11.3. The lowest BCUT2D eigenvalue weighted by molar-refractivity contribution is -0.142. The van der Waals surface area contributed by atoms with Crippen LogP contribution < -0.4 is 30.7 Å². The molecule has 4 fully saturated rings. The number of carbonyl (C=O) groups excluding carboxylic acids is 5. The minimum Gasteiger partial charge on any atom is -0.497 e. The molecule has 2 aromatic heterocycles. The topological polar surface area (TPSA) is 190 Å². The van der Waals surface area contributed by atoms with Gasteiger partial charge in [-0.3, -0.25) is 24.5 Å². The van der Waals surface area contributed by atoms with Gasteiger partial charge in [-0.25, -0.2) is 14.8 Å². The summed E-state index contributed by atoms with van der Waals surface area (Å²) in [6.45, 7) is 11.5. The molecule has 310 valence electrons. The number of anilines is 1. The third kappa shape index (κ3) is 8.91. The number of methoxy groups -OCH3 is 1. The summed E-state index contributed by atoms with van der Waals surface area (Å²) in [6, 6.07) is 5.34. The van der Waals surface area contributed by atoms with Crippen LogP contribution in [0.5, 0.6) is 11.5 Å². The van der Waals surface area contributed by atoms with E-state index in [9.17, 15) is 24.0 Å². The molecule has 4 aliphatic rings. The van der Waals surface area contributed by atoms with Gasteiger partial charge in [-0.2, -0.15) is 0 Å². The summed E-state index contributed by atoms with van der Waals surface area (Å²) < 4.78 is 17.9. The second kappa shape index (κ2) is 16.9. The minimum absolute atomic E-state index is 0.00178. The summed E-state index contributed by atoms with van der Waals surface area (Å²) in [4.78, 5) is 79.4. The number of imide groups is 1. The zero-order chi connectivity index (χ0) is 41.3. The Morgan fingerprint density at radius 3 is 2.40 bits per heavy atom. The predicted molar refractivity (Wildman–Crippen MR) is 218 cm³/mol. The molecule has 0 radical (unpaired) electrons. The first kappa shape index (κ1) is 40.9. The molecule has 3 aliphatic carbocycles. The smallest absolute Gasteiger partial charge is 0.408 e. The Kier molecular flexibility index (Phi) is 11.9. The number of fused-ring (bicyclic) bond motifs is 1. The van der Waals surface area contributed by atoms with E-state index in [2.05, 4.69) is 27.8 Å². The van der Waals surface area contributed by atoms with Crippen LogP contribution in [-0.4, -0.2) is 94.1 Å². The SMILES string of the molecule is C=CC1C[C@]1(NC(=O)[C@@H]1C[C@@H](Oc2cc(-c3csc(NC(C)C)n3)nc3cc(OC)ccc23)CN1C(=O)[C@H](NC(=O)OC1CCCC1)C(C)C)C(=O)NC(=O)C1CC1. The Morgan fingerprint density at radius 1 is 0.983 bits per heavy atom. The number of nitrogens with one attached hydrogen (secondary N) is 4. The second-order valence-corrected chi connectivity index (χ2v) is 17.3. The monoisotopic (exact) mass is 815 g/mol. The molecule has 15 nitrogen and oxygen atoms in total. The maximum absolute atomic E-state index is 14.6. The second-order valence-electron chi connectivity index (χ2n) is 16.5. The van der Waals surface area contributed by atoms with E-state index in [1.54, 1.807) is 31.4 Å². The van der Waals surface area contributed by atoms with Crippen molar-refractivity contribution in [3.8, 4) is 22.9 Å². The fraction of sp³-hybridized carbons (Fsp3) is 0.548. The van der Waals surface area contributed by atoms with Gasteiger partial charge < -0.3 is 35.1 Å². The molecule has 7 rings (SSSR count). The van der Waals surface area contributed by atoms with Gasteiger partial charge in [0.2, 0.25) is 17.7 Å². The molecule has 0 bridgehead atoms. The highest BCUT2D eigenvalue weighted by molar-refractivity contribution is 7.14. The lowest BCUT2D eigenvalue weighted by Crippen LogP contribution is -2.59. The number of aromatic nitrogens is 2. The zero-order valence-corrected chi connectivity index (χ0v) is 34.5. The van der Waals surface area contributed by atoms with Gasteiger partial charge in [0.25, 0.3) is 5.91 Å². The molecule has 5 atom stereocenters. The number of carbonyl (C=O) groups is 5. The Hall–Kier alpha value is -5.25. The summed E-state index contributed by atoms with van der Waals surface area (Å²) in [6.07, 6.45) is 5.24. The van der Waals surface area contributed by atoms with Gasteiger partial charge in [0.05, 0.1) is 24.9 Å². The molecule has 3 aromatic rings. The van der Waals surface area contributed by atoms with Crippen LogP contribution in [0.4, 0.5) is 9.93 Å². The molecule has 58 heavy (non-hydrogen) atoms. The van der Waals surface area contributed by atoms with Crippen LogP contribution in [-0.2, 0) is 23.9 Å². The molecule has 3 heterocycles. The molecule has 1 aromatic carbocycles. The minimum atomic E-state index is -1.39. The van der Waals surface area contributed by atoms with E-state index in [0.29, 0.717) is 46.6 Å². The number of likely N-dealkylation sites (tertiary alicyclic amines) is 1. The number of hydrogen-bond acceptors (Lipinski definition) is 12. The van der Waals surface area contributed by atoms with Gasteiger partial charge in [0.15, 0.2) is 5.13 Å². The molecular weight excluding hydrogens is 763 g/mol. The summed E-state index contributed by atoms with van der Waals surface area (Å²) in [5.74, 6) is -1.92. The molecule has 16 heteroatoms. The van der Waals surface area contributed by atoms with Crippen molar-refractivity contribution in [2.24, 2.45) is 17.8 Å². The van der Waals surface area contributed by atoms with E-state index in [1.807, 2.05) is 39.1 Å². The normalized spacial score (nSPS) is 23.4. The van der Waals surface area contributed by atoms with Crippen molar-refractivity contribution in [3.05, 3.63) is 42.3 Å². The van der Waals surface area contributed by atoms with Crippen LogP contribution in [0.15, 0.2) is 42.3 Å². The molecule has 3 saturated carbocycles. The van der Waals surface area contributed by atoms with Crippen LogP contribution in [0.2, 0.25) is 0 Å². The number of nitrogens with zero attached hydrogens (tertiary/aromatic N) is 3. The summed E-state index contributed by atoms with van der Waals surface area (Å²) in [5.41, 5.74) is 0.417. The number of rotatable bonds is 15. The molecular formula is C42H53N7O8S. The standard InChI is InChI=1S/C42H53N7O8S/c1-7-25-19-42(25,39(53)47-36(50)24-12-13-24)48-37(51)33-17-28(20-49(33)38(52)35(22(2)3)46-41(54)57-26-10-8-9-11-26)56-34-18-31(32-21-58-40(45-32)43-23(4)5)44-30-16-27(55-6)14-15-29(30)34/h7,14-16,18,21-26,28,33,35H,1,8-13,17,19-20H2,2-6H3,(H,43,45)(H,46,54)(H,48,51)(H,47,50,53)/t25?,28-,33+,35-,42-/m1/s1. The average molecular weight is 816 g/mol. The van der Waals surface area contributed by atoms with Gasteiger partial charge >= 0.3 is 6.09 Å². The van der Waals surface area contributed by atoms with E-state index >= 15 is 0 Å². The highest BCUT2D eigenvalue weighted by atomic mass is 32.1. The van der Waals surface area contributed by atoms with Crippen LogP contribution >= 0.6 is 11.3 Å². The predicted octanol–water partition coefficient (Wildman–Crippen LogP) is 5.34. The van der Waals surface area contributed by atoms with Crippen LogP contribution in [0, 0.1) is 17.8 Å². The number of ether oxygens (including phenoxy) is 3. The van der Waals surface area contributed by atoms with Gasteiger partial charge in [0, 0.05) is 47.2 Å². The lowest BCUT2D eigenvalue weighted by atomic mass is 10.0. The summed E-state index contributed by atoms with van der Waals surface area (Å²) in [5, 5.41) is 14.9. The molecule has 0 spiro atoms. The Morgan fingerprint density at radius 2 is 1.74 bits per heavy atom. The number of hydrogen-bond donors (Lipinski definition) is 4. The van der Waals surface area contributed by atoms with E-state index in [1.165, 1.54) is 16.2 Å². The molecule has 1 saturated heterocycles. The maximum Gasteiger partial charge on any atom is 0.408 e. The number of pyridine rings is 1. The highest BCUT2D eigenvalue weighted by Gasteiger charge is 2.61. The van der Waals surface area contributed by atoms with Crippen molar-refractivity contribution in [3.63, 3.8) is 0 Å². The van der Waals surface area contributed by atoms with Crippen molar-refractivity contribution in [2.75, 3.05) is 19.0 Å². The van der Waals surface area contributed by atoms with Crippen molar-refractivity contribution in [2.45, 2.75) is 115 Å². The van der Waals surface area contributed by atoms with E-state index in [4.69, 9.17) is 24.2 Å². The van der Waals surface area contributed by atoms with E-state index in [0.717, 1.165) is 30.8 Å². The summed E-state index contributed by atoms with van der Waals surface area (Å²) >= 11 is 1.46. The molecule has 5 amide bonds. The Bertz CT molecular complexity index is 2080. The number of alkyl carbamates (subject to hydrolysis) is 1. The molecule has 1 aliphatic heterocycles. The zero-order valence-electron chi connectivity index (χ0n) is 33.7.